The second-order valence-electron chi connectivity index (χ2n) is 7.86. The Labute approximate surface area is 167 Å². The number of aromatic hydroxyl groups is 1. The zero-order valence-electron chi connectivity index (χ0n) is 16.6. The Hall–Kier alpha value is -2.53. The van der Waals surface area contributed by atoms with Gasteiger partial charge in [-0.25, -0.2) is 0 Å². The third-order valence-corrected chi connectivity index (χ3v) is 6.15. The number of piperazine rings is 1. The van der Waals surface area contributed by atoms with E-state index in [2.05, 4.69) is 34.1 Å². The molecule has 2 aromatic rings. The van der Waals surface area contributed by atoms with Crippen LogP contribution < -0.4 is 4.90 Å². The van der Waals surface area contributed by atoms with E-state index < -0.39 is 0 Å². The van der Waals surface area contributed by atoms with Gasteiger partial charge < -0.3 is 14.9 Å². The van der Waals surface area contributed by atoms with Crippen LogP contribution in [0.3, 0.4) is 0 Å². The predicted octanol–water partition coefficient (Wildman–Crippen LogP) is 3.05. The first kappa shape index (κ1) is 18.8. The number of hydrogen-bond donors (Lipinski definition) is 1. The summed E-state index contributed by atoms with van der Waals surface area (Å²) in [6.45, 7) is 3.76. The summed E-state index contributed by atoms with van der Waals surface area (Å²) in [5, 5.41) is 10.1. The van der Waals surface area contributed by atoms with Crippen molar-refractivity contribution in [1.29, 1.82) is 0 Å². The zero-order chi connectivity index (χ0) is 19.5. The Balaban J connectivity index is 1.34. The number of carbonyl (C=O) groups excluding carboxylic acids is 1. The van der Waals surface area contributed by atoms with Crippen molar-refractivity contribution in [1.82, 2.24) is 9.80 Å². The van der Waals surface area contributed by atoms with Gasteiger partial charge in [-0.05, 0) is 42.5 Å². The molecule has 1 amide bonds. The van der Waals surface area contributed by atoms with Crippen molar-refractivity contribution in [3.63, 3.8) is 0 Å². The van der Waals surface area contributed by atoms with Gasteiger partial charge in [0.05, 0.1) is 18.3 Å². The number of fused-ring (bicyclic) bond motifs is 1. The molecule has 2 aromatic carbocycles. The lowest BCUT2D eigenvalue weighted by molar-refractivity contribution is -0.133. The molecular weight excluding hydrogens is 350 g/mol. The number of carbonyl (C=O) groups is 1. The maximum atomic E-state index is 13.0. The molecule has 1 heterocycles. The fourth-order valence-electron chi connectivity index (χ4n) is 4.49. The van der Waals surface area contributed by atoms with Crippen LogP contribution in [-0.4, -0.2) is 60.6 Å². The van der Waals surface area contributed by atoms with Crippen molar-refractivity contribution in [2.24, 2.45) is 0 Å². The van der Waals surface area contributed by atoms with Crippen LogP contribution in [0.1, 0.15) is 30.0 Å². The number of nitrogens with zero attached hydrogens (tertiary/aromatic N) is 3. The van der Waals surface area contributed by atoms with E-state index in [1.165, 1.54) is 11.1 Å². The number of amides is 1. The molecule has 0 radical (unpaired) electrons. The molecular formula is C23H29N3O2. The minimum absolute atomic E-state index is 0.192. The van der Waals surface area contributed by atoms with E-state index in [9.17, 15) is 9.90 Å². The molecule has 1 saturated heterocycles. The number of phenolic OH excluding ortho intramolecular Hbond substituents is 1. The number of aryl methyl sites for hydroxylation is 1. The van der Waals surface area contributed by atoms with Gasteiger partial charge in [-0.15, -0.1) is 0 Å². The smallest absolute Gasteiger partial charge is 0.237 e. The monoisotopic (exact) mass is 379 g/mol. The number of benzene rings is 2. The normalized spacial score (nSPS) is 19.9. The van der Waals surface area contributed by atoms with Gasteiger partial charge >= 0.3 is 0 Å². The van der Waals surface area contributed by atoms with Crippen molar-refractivity contribution < 1.29 is 9.90 Å². The molecule has 1 fully saturated rings. The van der Waals surface area contributed by atoms with Crippen LogP contribution in [0.5, 0.6) is 5.75 Å². The van der Waals surface area contributed by atoms with E-state index in [1.54, 1.807) is 6.07 Å². The van der Waals surface area contributed by atoms with Gasteiger partial charge in [-0.3, -0.25) is 9.69 Å². The number of phenols is 1. The highest BCUT2D eigenvalue weighted by Gasteiger charge is 2.28. The summed E-state index contributed by atoms with van der Waals surface area (Å²) >= 11 is 0. The summed E-state index contributed by atoms with van der Waals surface area (Å²) in [7, 11) is 1.95. The molecule has 5 nitrogen and oxygen atoms in total. The van der Waals surface area contributed by atoms with Gasteiger partial charge in [0.15, 0.2) is 0 Å². The summed E-state index contributed by atoms with van der Waals surface area (Å²) < 4.78 is 0. The molecule has 1 N–H and O–H groups in total. The van der Waals surface area contributed by atoms with Gasteiger partial charge in [-0.2, -0.15) is 0 Å². The van der Waals surface area contributed by atoms with Crippen LogP contribution in [0, 0.1) is 0 Å². The van der Waals surface area contributed by atoms with Gasteiger partial charge in [-0.1, -0.05) is 36.4 Å². The number of para-hydroxylation sites is 2. The first-order valence-electron chi connectivity index (χ1n) is 10.2. The molecule has 1 atom stereocenters. The highest BCUT2D eigenvalue weighted by atomic mass is 16.3. The van der Waals surface area contributed by atoms with E-state index in [-0.39, 0.29) is 11.9 Å². The summed E-state index contributed by atoms with van der Waals surface area (Å²) in [5.41, 5.74) is 3.58. The third kappa shape index (κ3) is 3.85. The van der Waals surface area contributed by atoms with Crippen LogP contribution in [-0.2, 0) is 11.2 Å². The molecule has 2 aliphatic rings. The van der Waals surface area contributed by atoms with Crippen molar-refractivity contribution in [3.05, 3.63) is 59.7 Å². The van der Waals surface area contributed by atoms with E-state index in [1.807, 2.05) is 30.1 Å². The Morgan fingerprint density at radius 3 is 2.57 bits per heavy atom. The largest absolute Gasteiger partial charge is 0.506 e. The molecule has 5 heteroatoms. The second kappa shape index (κ2) is 8.23. The number of anilines is 1. The topological polar surface area (TPSA) is 47.0 Å². The van der Waals surface area contributed by atoms with E-state index in [0.29, 0.717) is 12.3 Å². The molecule has 1 unspecified atom stereocenters. The molecule has 0 saturated carbocycles. The fourth-order valence-corrected chi connectivity index (χ4v) is 4.49. The molecule has 0 bridgehead atoms. The van der Waals surface area contributed by atoms with E-state index in [4.69, 9.17) is 0 Å². The van der Waals surface area contributed by atoms with Crippen LogP contribution in [0.4, 0.5) is 5.69 Å². The van der Waals surface area contributed by atoms with Gasteiger partial charge in [0.1, 0.15) is 5.75 Å². The van der Waals surface area contributed by atoms with Crippen molar-refractivity contribution in [2.45, 2.75) is 25.3 Å². The molecule has 0 spiro atoms. The SMILES string of the molecule is CN(C(=O)CN1CCN(c2ccccc2O)CC1)C1CCCc2ccccc21. The van der Waals surface area contributed by atoms with Crippen molar-refractivity contribution in [3.8, 4) is 5.75 Å². The Kier molecular flexibility index (Phi) is 5.53. The maximum absolute atomic E-state index is 13.0. The highest BCUT2D eigenvalue weighted by molar-refractivity contribution is 5.78. The van der Waals surface area contributed by atoms with Crippen LogP contribution in [0.2, 0.25) is 0 Å². The summed E-state index contributed by atoms with van der Waals surface area (Å²) in [6.07, 6.45) is 3.29. The Morgan fingerprint density at radius 1 is 1.07 bits per heavy atom. The quantitative estimate of drug-likeness (QED) is 0.887. The first-order chi connectivity index (χ1) is 13.6. The first-order valence-corrected chi connectivity index (χ1v) is 10.2. The molecule has 1 aliphatic carbocycles. The fraction of sp³-hybridized carbons (Fsp3) is 0.435. The molecule has 4 rings (SSSR count). The standard InChI is InChI=1S/C23H29N3O2/c1-24(20-11-6-8-18-7-2-3-9-19(18)20)23(28)17-25-13-15-26(16-14-25)21-10-4-5-12-22(21)27/h2-5,7,9-10,12,20,27H,6,8,11,13-17H2,1H3. The minimum atomic E-state index is 0.192. The van der Waals surface area contributed by atoms with Gasteiger partial charge in [0.25, 0.3) is 0 Å². The number of rotatable bonds is 4. The molecule has 148 valence electrons. The Bertz CT molecular complexity index is 830. The van der Waals surface area contributed by atoms with Crippen molar-refractivity contribution in [2.75, 3.05) is 44.7 Å². The van der Waals surface area contributed by atoms with Crippen LogP contribution in [0.15, 0.2) is 48.5 Å². The van der Waals surface area contributed by atoms with Crippen molar-refractivity contribution >= 4 is 11.6 Å². The summed E-state index contributed by atoms with van der Waals surface area (Å²) in [5.74, 6) is 0.514. The lowest BCUT2D eigenvalue weighted by atomic mass is 9.87. The summed E-state index contributed by atoms with van der Waals surface area (Å²) in [6, 6.07) is 16.2. The molecule has 0 aromatic heterocycles. The summed E-state index contributed by atoms with van der Waals surface area (Å²) in [4.78, 5) is 19.3. The molecule has 28 heavy (non-hydrogen) atoms. The Morgan fingerprint density at radius 2 is 1.79 bits per heavy atom. The van der Waals surface area contributed by atoms with Crippen LogP contribution in [0.25, 0.3) is 0 Å². The van der Waals surface area contributed by atoms with Crippen LogP contribution >= 0.6 is 0 Å². The van der Waals surface area contributed by atoms with E-state index >= 15 is 0 Å². The average molecular weight is 380 g/mol. The lowest BCUT2D eigenvalue weighted by Gasteiger charge is -2.38. The predicted molar refractivity (Wildman–Crippen MR) is 112 cm³/mol. The number of likely N-dealkylation sites (N-methyl/N-ethyl adjacent to an activating group) is 1. The third-order valence-electron chi connectivity index (χ3n) is 6.15. The average Bonchev–Trinajstić information content (AvgIpc) is 2.74. The molecule has 1 aliphatic heterocycles. The van der Waals surface area contributed by atoms with Gasteiger partial charge in [0, 0.05) is 33.2 Å². The lowest BCUT2D eigenvalue weighted by Crippen LogP contribution is -2.50. The second-order valence-corrected chi connectivity index (χ2v) is 7.86. The van der Waals surface area contributed by atoms with E-state index in [0.717, 1.165) is 51.1 Å². The highest BCUT2D eigenvalue weighted by Crippen LogP contribution is 2.33. The van der Waals surface area contributed by atoms with Gasteiger partial charge in [0.2, 0.25) is 5.91 Å². The zero-order valence-corrected chi connectivity index (χ0v) is 16.6. The maximum Gasteiger partial charge on any atom is 0.237 e. The minimum Gasteiger partial charge on any atom is -0.506 e. The number of hydrogen-bond acceptors (Lipinski definition) is 4.